The van der Waals surface area contributed by atoms with E-state index in [0.717, 1.165) is 52.1 Å². The molecule has 91 heavy (non-hydrogen) atoms. The lowest BCUT2D eigenvalue weighted by atomic mass is 10.1. The average molecular weight is 1310 g/mol. The molecule has 0 aromatic carbocycles. The molecule has 1 unspecified atom stereocenters. The molecule has 0 aliphatic carbocycles. The van der Waals surface area contributed by atoms with Gasteiger partial charge in [-0.25, -0.2) is 18.9 Å². The lowest BCUT2D eigenvalue weighted by Gasteiger charge is -2.25. The maximum absolute atomic E-state index is 13.6. The second-order valence-electron chi connectivity index (χ2n) is 21.1. The van der Waals surface area contributed by atoms with Gasteiger partial charge in [0.25, 0.3) is 0 Å². The number of rotatable bonds is 58. The Hall–Kier alpha value is -7.10. The molecule has 0 saturated heterocycles. The molecule has 0 spiro atoms. The first-order valence-corrected chi connectivity index (χ1v) is 33.5. The van der Waals surface area contributed by atoms with Crippen LogP contribution in [0, 0.1) is 0 Å². The van der Waals surface area contributed by atoms with Gasteiger partial charge in [0.15, 0.2) is 0 Å². The van der Waals surface area contributed by atoms with Gasteiger partial charge in [-0.2, -0.15) is 0 Å². The van der Waals surface area contributed by atoms with Crippen LogP contribution in [-0.4, -0.2) is 210 Å². The summed E-state index contributed by atoms with van der Waals surface area (Å²) in [6.07, 6.45) is 16.6. The fourth-order valence-corrected chi connectivity index (χ4v) is 9.03. The van der Waals surface area contributed by atoms with Crippen molar-refractivity contribution in [2.24, 2.45) is 0 Å². The van der Waals surface area contributed by atoms with Gasteiger partial charge in [0.2, 0.25) is 47.3 Å². The second-order valence-corrected chi connectivity index (χ2v) is 22.7. The monoisotopic (exact) mass is 1310 g/mol. The molecular weight excluding hydrogens is 1210 g/mol. The van der Waals surface area contributed by atoms with Crippen molar-refractivity contribution in [1.29, 1.82) is 0 Å². The van der Waals surface area contributed by atoms with Crippen LogP contribution >= 0.6 is 7.82 Å². The Morgan fingerprint density at radius 1 is 0.385 bits per heavy atom. The van der Waals surface area contributed by atoms with Crippen LogP contribution in [0.5, 0.6) is 0 Å². The second kappa shape index (κ2) is 56.8. The third-order valence-electron chi connectivity index (χ3n) is 13.6. The van der Waals surface area contributed by atoms with E-state index in [2.05, 4.69) is 71.3 Å². The molecule has 0 bridgehead atoms. The molecule has 29 nitrogen and oxygen atoms in total. The number of phosphoric ester groups is 1. The van der Waals surface area contributed by atoms with Crippen molar-refractivity contribution in [3.05, 3.63) is 38.0 Å². The Labute approximate surface area is 538 Å². The van der Waals surface area contributed by atoms with Gasteiger partial charge in [-0.05, 0) is 64.7 Å². The van der Waals surface area contributed by atoms with Crippen LogP contribution in [0.3, 0.4) is 0 Å². The lowest BCUT2D eigenvalue weighted by molar-refractivity contribution is -0.137. The average Bonchev–Trinajstić information content (AvgIpc) is 3.23. The van der Waals surface area contributed by atoms with Crippen molar-refractivity contribution in [3.63, 3.8) is 0 Å². The summed E-state index contributed by atoms with van der Waals surface area (Å²) in [5.74, 6) is -2.35. The molecule has 0 aromatic rings. The number of alkyl carbamates (subject to hydrolysis) is 3. The molecule has 0 heterocycles. The molecule has 0 aliphatic rings. The molecule has 0 rings (SSSR count). The first kappa shape index (κ1) is 83.9. The Balaban J connectivity index is 5.27. The molecular formula is C61H108N11O18P. The summed E-state index contributed by atoms with van der Waals surface area (Å²) in [6, 6.07) is 0. The smallest absolute Gasteiger partial charge is 0.445 e. The van der Waals surface area contributed by atoms with Gasteiger partial charge in [-0.15, -0.1) is 0 Å². The predicted octanol–water partition coefficient (Wildman–Crippen LogP) is 4.94. The van der Waals surface area contributed by atoms with Crippen molar-refractivity contribution >= 4 is 73.4 Å². The highest BCUT2D eigenvalue weighted by Crippen LogP contribution is 2.41. The Bertz CT molecular complexity index is 2210. The number of ether oxygens (including phenoxy) is 3. The van der Waals surface area contributed by atoms with Gasteiger partial charge < -0.3 is 76.3 Å². The molecule has 11 amide bonds. The number of hydrogen-bond acceptors (Lipinski definition) is 17. The van der Waals surface area contributed by atoms with Crippen LogP contribution < -0.4 is 42.5 Å². The zero-order valence-electron chi connectivity index (χ0n) is 54.2. The molecule has 30 heteroatoms. The Morgan fingerprint density at radius 3 is 1.07 bits per heavy atom. The normalized spacial score (nSPS) is 11.3. The summed E-state index contributed by atoms with van der Waals surface area (Å²) >= 11 is 0. The number of nitrogens with one attached hydrogen (secondary N) is 8. The van der Waals surface area contributed by atoms with Crippen molar-refractivity contribution in [2.75, 3.05) is 125 Å². The molecule has 0 aliphatic heterocycles. The number of phosphoric acid groups is 1. The van der Waals surface area contributed by atoms with E-state index in [1.807, 2.05) is 6.92 Å². The quantitative estimate of drug-likeness (QED) is 0.0169. The summed E-state index contributed by atoms with van der Waals surface area (Å²) in [7, 11) is -3.06. The predicted molar refractivity (Wildman–Crippen MR) is 343 cm³/mol. The third-order valence-corrected chi connectivity index (χ3v) is 14.6. The van der Waals surface area contributed by atoms with Crippen molar-refractivity contribution in [2.45, 2.75) is 161 Å². The highest BCUT2D eigenvalue weighted by molar-refractivity contribution is 7.47. The summed E-state index contributed by atoms with van der Waals surface area (Å²) in [5.41, 5.74) is 0. The zero-order valence-corrected chi connectivity index (χ0v) is 55.1. The highest BCUT2D eigenvalue weighted by atomic mass is 31.2. The van der Waals surface area contributed by atoms with E-state index in [0.29, 0.717) is 110 Å². The van der Waals surface area contributed by atoms with E-state index in [1.54, 1.807) is 4.90 Å². The number of amides is 11. The third kappa shape index (κ3) is 51.2. The number of nitrogens with zero attached hydrogens (tertiary/aromatic N) is 3. The summed E-state index contributed by atoms with van der Waals surface area (Å²) in [4.78, 5) is 153. The topological polar surface area (TPSA) is 377 Å². The number of hydrogen-bond donors (Lipinski definition) is 9. The lowest BCUT2D eigenvalue weighted by Crippen LogP contribution is -2.47. The number of carbonyl (C=O) groups is 11. The van der Waals surface area contributed by atoms with Gasteiger partial charge in [0, 0.05) is 124 Å². The van der Waals surface area contributed by atoms with Crippen molar-refractivity contribution in [3.8, 4) is 0 Å². The fourth-order valence-electron chi connectivity index (χ4n) is 8.61. The van der Waals surface area contributed by atoms with Gasteiger partial charge in [0.1, 0.15) is 19.8 Å². The first-order valence-electron chi connectivity index (χ1n) is 32.1. The van der Waals surface area contributed by atoms with E-state index in [4.69, 9.17) is 14.2 Å². The summed E-state index contributed by atoms with van der Waals surface area (Å²) in [6.45, 7) is 14.2. The van der Waals surface area contributed by atoms with E-state index in [9.17, 15) is 62.2 Å². The fraction of sp³-hybridized carbons (Fsp3) is 0.721. The van der Waals surface area contributed by atoms with Crippen LogP contribution in [-0.2, 0) is 66.2 Å². The molecule has 0 radical (unpaired) electrons. The van der Waals surface area contributed by atoms with Crippen molar-refractivity contribution < 1.29 is 85.5 Å². The van der Waals surface area contributed by atoms with Gasteiger partial charge in [-0.3, -0.25) is 47.4 Å². The van der Waals surface area contributed by atoms with E-state index >= 15 is 0 Å². The molecule has 0 fully saturated rings. The minimum absolute atomic E-state index is 0.0325. The van der Waals surface area contributed by atoms with E-state index in [1.165, 1.54) is 28.0 Å². The Morgan fingerprint density at radius 2 is 0.681 bits per heavy atom. The van der Waals surface area contributed by atoms with E-state index < -0.39 is 37.9 Å². The highest BCUT2D eigenvalue weighted by Gasteiger charge is 2.22. The van der Waals surface area contributed by atoms with Crippen LogP contribution in [0.25, 0.3) is 0 Å². The maximum Gasteiger partial charge on any atom is 0.471 e. The van der Waals surface area contributed by atoms with Gasteiger partial charge in [0.05, 0.1) is 19.7 Å². The zero-order chi connectivity index (χ0) is 67.6. The van der Waals surface area contributed by atoms with Gasteiger partial charge in [-0.1, -0.05) is 95.8 Å². The van der Waals surface area contributed by atoms with Crippen LogP contribution in [0.1, 0.15) is 161 Å². The number of unbranched alkanes of at least 4 members (excludes halogenated alkanes) is 13. The molecule has 520 valence electrons. The molecule has 1 atom stereocenters. The van der Waals surface area contributed by atoms with Crippen LogP contribution in [0.15, 0.2) is 38.0 Å². The van der Waals surface area contributed by atoms with Crippen LogP contribution in [0.2, 0.25) is 0 Å². The van der Waals surface area contributed by atoms with Crippen molar-refractivity contribution in [1.82, 2.24) is 57.2 Å². The maximum atomic E-state index is 13.6. The number of likely N-dealkylation sites (N-methyl/N-ethyl adjacent to an activating group) is 1. The number of carbonyl (C=O) groups excluding carboxylic acids is 11. The molecule has 0 aromatic heterocycles. The first-order chi connectivity index (χ1) is 43.8. The van der Waals surface area contributed by atoms with Gasteiger partial charge >= 0.3 is 26.1 Å². The SMILES string of the molecule is C=CCOC(=O)NCCCCCC(=O)N(CC)CCNC(=O)CN(CCNC(=O)CN(CCNC(=O)CCCCCCCCCCNC(=O)CCCC(=O)NCCOP(=O)(O)OC)C(=O)CCCCCNC(=O)OCC=C)C(=O)CCCCCNC(=O)OCC=C. The van der Waals surface area contributed by atoms with E-state index in [-0.39, 0.29) is 153 Å². The largest absolute Gasteiger partial charge is 0.471 e. The standard InChI is InChI=1S/C61H108N11O18P/c1-6-45-87-59(81)67-35-24-16-20-31-56(78)70(9-4)42-38-64-54(76)49-72(58(80)33-22-18-26-37-69-61(83)89-47-8-3)44-40-65-55(77)50-71(57(79)32-21-17-25-36-68-60(82)88-46-7-2)43-39-63-51(73)28-19-14-12-10-11-13-15-23-34-62-52(74)29-27-30-53(75)66-41-48-90-91(84,85)86-5/h6-8H,1-3,9-50H2,4-5H3,(H,62,74)(H,63,73)(H,64,76)(H,65,77)(H,66,75)(H,67,81)(H,68,82)(H,69,83)(H,84,85). The van der Waals surface area contributed by atoms with Crippen LogP contribution in [0.4, 0.5) is 14.4 Å². The Kier molecular flexibility index (Phi) is 52.4. The molecule has 0 saturated carbocycles. The minimum Gasteiger partial charge on any atom is -0.445 e. The minimum atomic E-state index is -4.10. The summed E-state index contributed by atoms with van der Waals surface area (Å²) < 4.78 is 34.9. The molecule has 9 N–H and O–H groups in total. The summed E-state index contributed by atoms with van der Waals surface area (Å²) in [5, 5.41) is 21.7.